The fourth-order valence-corrected chi connectivity index (χ4v) is 0.611. The zero-order valence-electron chi connectivity index (χ0n) is 4.97. The van der Waals surface area contributed by atoms with Gasteiger partial charge in [-0.25, -0.2) is 0 Å². The summed E-state index contributed by atoms with van der Waals surface area (Å²) in [7, 11) is 0. The monoisotopic (exact) mass is 337 g/mol. The summed E-state index contributed by atoms with van der Waals surface area (Å²) in [5, 5.41) is 0.618. The fraction of sp³-hybridized carbons (Fsp3) is 0. The zero-order valence-corrected chi connectivity index (χ0v) is 11.2. The number of halogens is 1. The van der Waals surface area contributed by atoms with Crippen LogP contribution in [0, 0.1) is 0 Å². The molecular formula is C6H8ClNPb. The average Bonchev–Trinajstić information content (AvgIpc) is 1.77. The first-order valence-corrected chi connectivity index (χ1v) is 2.68. The van der Waals surface area contributed by atoms with Gasteiger partial charge in [0.15, 0.2) is 0 Å². The van der Waals surface area contributed by atoms with Gasteiger partial charge in [0.05, 0.1) is 10.7 Å². The number of hydrogen-bond donors (Lipinski definition) is 1. The minimum atomic E-state index is 0. The van der Waals surface area contributed by atoms with E-state index >= 15 is 0 Å². The predicted octanol–water partition coefficient (Wildman–Crippen LogP) is 1.01. The van der Waals surface area contributed by atoms with Crippen LogP contribution in [0.5, 0.6) is 0 Å². The Morgan fingerprint density at radius 1 is 1.22 bits per heavy atom. The first kappa shape index (κ1) is 9.23. The maximum absolute atomic E-state index is 5.58. The van der Waals surface area contributed by atoms with Crippen LogP contribution in [0.4, 0.5) is 5.69 Å². The Labute approximate surface area is 79.4 Å². The van der Waals surface area contributed by atoms with Crippen molar-refractivity contribution < 1.29 is 0 Å². The normalized spacial score (nSPS) is 8.11. The molecule has 0 spiro atoms. The first-order valence-electron chi connectivity index (χ1n) is 2.31. The van der Waals surface area contributed by atoms with Crippen LogP contribution in [0.15, 0.2) is 24.3 Å². The molecule has 9 heavy (non-hydrogen) atoms. The van der Waals surface area contributed by atoms with Gasteiger partial charge < -0.3 is 5.73 Å². The number of benzene rings is 1. The fourth-order valence-electron chi connectivity index (χ4n) is 0.475. The molecule has 3 heteroatoms. The molecule has 0 amide bonds. The number of para-hydroxylation sites is 1. The number of nitrogens with two attached hydrogens (primary N) is 1. The van der Waals surface area contributed by atoms with Gasteiger partial charge in [-0.3, -0.25) is 0 Å². The molecule has 0 aliphatic carbocycles. The Morgan fingerprint density at radius 3 is 2.11 bits per heavy atom. The molecule has 48 valence electrons. The molecule has 0 aliphatic rings. The standard InChI is InChI=1S/C6H6ClN.Pb.2H/c7-5-3-1-2-4-6(5)8;;;/h1-4H,8H2;;;. The molecule has 0 aromatic heterocycles. The van der Waals surface area contributed by atoms with Crippen molar-refractivity contribution in [3.63, 3.8) is 0 Å². The molecule has 2 radical (unpaired) electrons. The van der Waals surface area contributed by atoms with Crippen LogP contribution in [0.25, 0.3) is 0 Å². The molecule has 1 nitrogen and oxygen atoms in total. The molecule has 2 N–H and O–H groups in total. The van der Waals surface area contributed by atoms with Crippen LogP contribution >= 0.6 is 11.6 Å². The van der Waals surface area contributed by atoms with Crippen molar-refractivity contribution in [3.8, 4) is 0 Å². The van der Waals surface area contributed by atoms with Crippen molar-refractivity contribution in [1.82, 2.24) is 0 Å². The second kappa shape index (κ2) is 4.11. The van der Waals surface area contributed by atoms with E-state index in [0.29, 0.717) is 10.7 Å². The first-order chi connectivity index (χ1) is 3.80. The third-order valence-electron chi connectivity index (χ3n) is 0.905. The summed E-state index contributed by atoms with van der Waals surface area (Å²) in [6, 6.07) is 7.22. The molecule has 1 aromatic carbocycles. The second-order valence-corrected chi connectivity index (χ2v) is 1.93. The van der Waals surface area contributed by atoms with Crippen molar-refractivity contribution in [2.45, 2.75) is 0 Å². The van der Waals surface area contributed by atoms with Crippen LogP contribution in [-0.4, -0.2) is 27.3 Å². The second-order valence-electron chi connectivity index (χ2n) is 1.52. The van der Waals surface area contributed by atoms with Crippen molar-refractivity contribution in [1.29, 1.82) is 0 Å². The average molecular weight is 337 g/mol. The van der Waals surface area contributed by atoms with Gasteiger partial charge in [-0.05, 0) is 12.1 Å². The number of rotatable bonds is 0. The third kappa shape index (κ3) is 2.53. The van der Waals surface area contributed by atoms with Crippen LogP contribution in [0.2, 0.25) is 5.02 Å². The van der Waals surface area contributed by atoms with Gasteiger partial charge in [0, 0.05) is 0 Å². The van der Waals surface area contributed by atoms with Crippen molar-refractivity contribution in [2.24, 2.45) is 0 Å². The Morgan fingerprint density at radius 2 is 1.78 bits per heavy atom. The molecule has 0 saturated heterocycles. The molecular weight excluding hydrogens is 329 g/mol. The summed E-state index contributed by atoms with van der Waals surface area (Å²) in [5.41, 5.74) is 6.02. The SMILES string of the molecule is Nc1ccccc1Cl.[PbH2]. The van der Waals surface area contributed by atoms with E-state index in [9.17, 15) is 0 Å². The maximum atomic E-state index is 5.58. The van der Waals surface area contributed by atoms with Crippen molar-refractivity contribution in [2.75, 3.05) is 5.73 Å². The number of hydrogen-bond acceptors (Lipinski definition) is 1. The van der Waals surface area contributed by atoms with E-state index in [1.807, 2.05) is 12.1 Å². The van der Waals surface area contributed by atoms with Gasteiger partial charge in [-0.15, -0.1) is 0 Å². The van der Waals surface area contributed by atoms with Crippen molar-refractivity contribution in [3.05, 3.63) is 29.3 Å². The van der Waals surface area contributed by atoms with Gasteiger partial charge >= 0.3 is 27.3 Å². The third-order valence-corrected chi connectivity index (χ3v) is 1.25. The van der Waals surface area contributed by atoms with Gasteiger partial charge in [0.25, 0.3) is 0 Å². The number of anilines is 1. The number of nitrogen functional groups attached to an aromatic ring is 1. The van der Waals surface area contributed by atoms with E-state index in [2.05, 4.69) is 0 Å². The van der Waals surface area contributed by atoms with Crippen LogP contribution < -0.4 is 5.73 Å². The van der Waals surface area contributed by atoms with Crippen molar-refractivity contribution >= 4 is 44.6 Å². The van der Waals surface area contributed by atoms with E-state index in [1.54, 1.807) is 12.1 Å². The molecule has 0 fully saturated rings. The Hall–Kier alpha value is 0.232. The summed E-state index contributed by atoms with van der Waals surface area (Å²) >= 11 is 5.58. The quantitative estimate of drug-likeness (QED) is 0.555. The van der Waals surface area contributed by atoms with Gasteiger partial charge in [0.1, 0.15) is 0 Å². The summed E-state index contributed by atoms with van der Waals surface area (Å²) in [6.07, 6.45) is 0. The molecule has 0 saturated carbocycles. The summed E-state index contributed by atoms with van der Waals surface area (Å²) in [6.45, 7) is 0. The van der Waals surface area contributed by atoms with E-state index in [1.165, 1.54) is 0 Å². The van der Waals surface area contributed by atoms with Crippen LogP contribution in [-0.2, 0) is 0 Å². The molecule has 0 unspecified atom stereocenters. The minimum absolute atomic E-state index is 0. The molecule has 0 bridgehead atoms. The van der Waals surface area contributed by atoms with E-state index in [-0.39, 0.29) is 27.3 Å². The topological polar surface area (TPSA) is 26.0 Å². The predicted molar refractivity (Wildman–Crippen MR) is 44.4 cm³/mol. The zero-order chi connectivity index (χ0) is 5.98. The van der Waals surface area contributed by atoms with Gasteiger partial charge in [-0.2, -0.15) is 0 Å². The van der Waals surface area contributed by atoms with Crippen LogP contribution in [0.3, 0.4) is 0 Å². The Balaban J connectivity index is 0.000000640. The summed E-state index contributed by atoms with van der Waals surface area (Å²) in [5.74, 6) is 0. The molecule has 0 heterocycles. The molecule has 1 aromatic rings. The van der Waals surface area contributed by atoms with E-state index in [0.717, 1.165) is 0 Å². The van der Waals surface area contributed by atoms with E-state index in [4.69, 9.17) is 17.3 Å². The van der Waals surface area contributed by atoms with Gasteiger partial charge in [0.2, 0.25) is 0 Å². The van der Waals surface area contributed by atoms with Crippen LogP contribution in [0.1, 0.15) is 0 Å². The summed E-state index contributed by atoms with van der Waals surface area (Å²) in [4.78, 5) is 0. The summed E-state index contributed by atoms with van der Waals surface area (Å²) < 4.78 is 0. The Kier molecular flexibility index (Phi) is 4.22. The van der Waals surface area contributed by atoms with E-state index < -0.39 is 0 Å². The van der Waals surface area contributed by atoms with Gasteiger partial charge in [-0.1, -0.05) is 23.7 Å². The Bertz CT molecular complexity index is 169. The molecule has 1 rings (SSSR count). The molecule has 0 atom stereocenters. The molecule has 0 aliphatic heterocycles.